The van der Waals surface area contributed by atoms with Crippen molar-refractivity contribution in [3.8, 4) is 11.5 Å². The second-order valence-electron chi connectivity index (χ2n) is 4.72. The number of nitrogens with two attached hydrogens (primary N) is 1. The molecule has 1 aromatic carbocycles. The molecule has 0 aliphatic carbocycles. The van der Waals surface area contributed by atoms with Gasteiger partial charge in [0.15, 0.2) is 6.61 Å². The molecule has 0 fully saturated rings. The van der Waals surface area contributed by atoms with Gasteiger partial charge in [0, 0.05) is 24.2 Å². The molecule has 0 bridgehead atoms. The highest BCUT2D eigenvalue weighted by Gasteiger charge is 2.10. The van der Waals surface area contributed by atoms with Crippen LogP contribution < -0.4 is 20.5 Å². The van der Waals surface area contributed by atoms with E-state index in [0.29, 0.717) is 18.0 Å². The first-order valence-corrected chi connectivity index (χ1v) is 6.89. The number of carbonyl (C=O) groups is 1. The molecule has 0 saturated heterocycles. The molecule has 112 valence electrons. The molecule has 0 aliphatic rings. The number of hydrogen-bond acceptors (Lipinski definition) is 4. The largest absolute Gasteiger partial charge is 0.497 e. The molecule has 20 heavy (non-hydrogen) atoms. The zero-order valence-electron chi connectivity index (χ0n) is 12.4. The van der Waals surface area contributed by atoms with E-state index in [-0.39, 0.29) is 18.6 Å². The van der Waals surface area contributed by atoms with Crippen molar-refractivity contribution in [1.82, 2.24) is 5.32 Å². The van der Waals surface area contributed by atoms with Crippen LogP contribution in [0.1, 0.15) is 32.3 Å². The maximum Gasteiger partial charge on any atom is 0.258 e. The minimum atomic E-state index is -0.128. The van der Waals surface area contributed by atoms with Crippen molar-refractivity contribution >= 4 is 5.91 Å². The van der Waals surface area contributed by atoms with Crippen LogP contribution in [-0.2, 0) is 11.3 Å². The van der Waals surface area contributed by atoms with E-state index >= 15 is 0 Å². The second kappa shape index (κ2) is 8.43. The molecule has 0 radical (unpaired) electrons. The average molecular weight is 280 g/mol. The number of methoxy groups -OCH3 is 1. The Hall–Kier alpha value is -1.75. The van der Waals surface area contributed by atoms with Gasteiger partial charge in [0.1, 0.15) is 11.5 Å². The quantitative estimate of drug-likeness (QED) is 0.762. The Kier molecular flexibility index (Phi) is 6.87. The van der Waals surface area contributed by atoms with Crippen molar-refractivity contribution < 1.29 is 14.3 Å². The summed E-state index contributed by atoms with van der Waals surface area (Å²) in [5, 5.41) is 2.89. The topological polar surface area (TPSA) is 73.6 Å². The van der Waals surface area contributed by atoms with Crippen molar-refractivity contribution in [3.63, 3.8) is 0 Å². The molecule has 0 spiro atoms. The first kappa shape index (κ1) is 16.3. The first-order chi connectivity index (χ1) is 9.60. The van der Waals surface area contributed by atoms with Gasteiger partial charge in [-0.1, -0.05) is 19.4 Å². The predicted molar refractivity (Wildman–Crippen MR) is 78.9 cm³/mol. The Morgan fingerprint density at radius 1 is 1.45 bits per heavy atom. The number of hydrogen-bond donors (Lipinski definition) is 2. The number of rotatable bonds is 8. The molecule has 1 rings (SSSR count). The summed E-state index contributed by atoms with van der Waals surface area (Å²) in [5.41, 5.74) is 6.49. The molecule has 0 saturated carbocycles. The van der Waals surface area contributed by atoms with Crippen molar-refractivity contribution in [2.75, 3.05) is 13.7 Å². The summed E-state index contributed by atoms with van der Waals surface area (Å²) >= 11 is 0. The average Bonchev–Trinajstić information content (AvgIpc) is 2.44. The van der Waals surface area contributed by atoms with Crippen LogP contribution in [0.25, 0.3) is 0 Å². The van der Waals surface area contributed by atoms with E-state index < -0.39 is 0 Å². The molecule has 1 unspecified atom stereocenters. The normalized spacial score (nSPS) is 11.8. The number of amides is 1. The molecule has 0 aliphatic heterocycles. The van der Waals surface area contributed by atoms with Gasteiger partial charge in [-0.3, -0.25) is 4.79 Å². The van der Waals surface area contributed by atoms with Crippen LogP contribution in [0.3, 0.4) is 0 Å². The van der Waals surface area contributed by atoms with E-state index in [1.807, 2.05) is 19.1 Å². The molecular weight excluding hydrogens is 256 g/mol. The van der Waals surface area contributed by atoms with E-state index in [9.17, 15) is 4.79 Å². The smallest absolute Gasteiger partial charge is 0.258 e. The number of benzene rings is 1. The van der Waals surface area contributed by atoms with Gasteiger partial charge in [-0.2, -0.15) is 0 Å². The Morgan fingerprint density at radius 3 is 2.80 bits per heavy atom. The molecule has 5 nitrogen and oxygen atoms in total. The van der Waals surface area contributed by atoms with Gasteiger partial charge >= 0.3 is 0 Å². The van der Waals surface area contributed by atoms with Crippen molar-refractivity contribution in [1.29, 1.82) is 0 Å². The lowest BCUT2D eigenvalue weighted by Gasteiger charge is -2.15. The van der Waals surface area contributed by atoms with Gasteiger partial charge in [0.25, 0.3) is 5.91 Å². The third-order valence-electron chi connectivity index (χ3n) is 2.98. The van der Waals surface area contributed by atoms with Crippen LogP contribution in [0, 0.1) is 0 Å². The monoisotopic (exact) mass is 280 g/mol. The lowest BCUT2D eigenvalue weighted by atomic mass is 10.2. The summed E-state index contributed by atoms with van der Waals surface area (Å²) in [7, 11) is 1.58. The van der Waals surface area contributed by atoms with E-state index in [1.54, 1.807) is 13.2 Å². The number of carbonyl (C=O) groups excluding carboxylic acids is 1. The maximum absolute atomic E-state index is 11.8. The van der Waals surface area contributed by atoms with E-state index in [1.165, 1.54) is 0 Å². The van der Waals surface area contributed by atoms with Gasteiger partial charge in [-0.15, -0.1) is 0 Å². The van der Waals surface area contributed by atoms with Crippen LogP contribution >= 0.6 is 0 Å². The highest BCUT2D eigenvalue weighted by atomic mass is 16.5. The second-order valence-corrected chi connectivity index (χ2v) is 4.72. The summed E-state index contributed by atoms with van der Waals surface area (Å²) in [6.07, 6.45) is 1.99. The fourth-order valence-corrected chi connectivity index (χ4v) is 1.93. The van der Waals surface area contributed by atoms with Crippen molar-refractivity contribution in [3.05, 3.63) is 23.8 Å². The van der Waals surface area contributed by atoms with E-state index in [0.717, 1.165) is 18.4 Å². The van der Waals surface area contributed by atoms with Crippen LogP contribution in [0.15, 0.2) is 18.2 Å². The zero-order valence-corrected chi connectivity index (χ0v) is 12.4. The number of nitrogens with one attached hydrogen (secondary N) is 1. The molecule has 3 N–H and O–H groups in total. The highest BCUT2D eigenvalue weighted by Crippen LogP contribution is 2.24. The first-order valence-electron chi connectivity index (χ1n) is 6.89. The Labute approximate surface area is 120 Å². The van der Waals surface area contributed by atoms with Gasteiger partial charge in [-0.25, -0.2) is 0 Å². The molecule has 1 aromatic rings. The summed E-state index contributed by atoms with van der Waals surface area (Å²) in [6, 6.07) is 5.56. The minimum Gasteiger partial charge on any atom is -0.497 e. The fraction of sp³-hybridized carbons (Fsp3) is 0.533. The van der Waals surface area contributed by atoms with E-state index in [4.69, 9.17) is 15.2 Å². The standard InChI is InChI=1S/C15H24N2O3/c1-4-5-11(2)17-15(18)10-20-14-8-13(19-3)7-6-12(14)9-16/h6-8,11H,4-5,9-10,16H2,1-3H3,(H,17,18). The number of ether oxygens (including phenoxy) is 2. The molecule has 1 amide bonds. The molecule has 0 heterocycles. The van der Waals surface area contributed by atoms with E-state index in [2.05, 4.69) is 12.2 Å². The lowest BCUT2D eigenvalue weighted by Crippen LogP contribution is -2.36. The fourth-order valence-electron chi connectivity index (χ4n) is 1.93. The molecule has 1 atom stereocenters. The van der Waals surface area contributed by atoms with Crippen LogP contribution in [0.5, 0.6) is 11.5 Å². The van der Waals surface area contributed by atoms with Gasteiger partial charge < -0.3 is 20.5 Å². The van der Waals surface area contributed by atoms with Gasteiger partial charge in [0.05, 0.1) is 7.11 Å². The van der Waals surface area contributed by atoms with Crippen molar-refractivity contribution in [2.24, 2.45) is 5.73 Å². The minimum absolute atomic E-state index is 0.0196. The Morgan fingerprint density at radius 2 is 2.20 bits per heavy atom. The zero-order chi connectivity index (χ0) is 15.0. The lowest BCUT2D eigenvalue weighted by molar-refractivity contribution is -0.123. The summed E-state index contributed by atoms with van der Waals surface area (Å²) in [4.78, 5) is 11.8. The summed E-state index contributed by atoms with van der Waals surface area (Å²) in [6.45, 7) is 4.41. The molecular formula is C15H24N2O3. The molecule has 0 aromatic heterocycles. The third-order valence-corrected chi connectivity index (χ3v) is 2.98. The van der Waals surface area contributed by atoms with Gasteiger partial charge in [-0.05, 0) is 19.4 Å². The Bertz CT molecular complexity index is 435. The highest BCUT2D eigenvalue weighted by molar-refractivity contribution is 5.77. The van der Waals surface area contributed by atoms with Crippen molar-refractivity contribution in [2.45, 2.75) is 39.3 Å². The van der Waals surface area contributed by atoms with Crippen LogP contribution in [-0.4, -0.2) is 25.7 Å². The van der Waals surface area contributed by atoms with Crippen LogP contribution in [0.4, 0.5) is 0 Å². The summed E-state index contributed by atoms with van der Waals surface area (Å²) < 4.78 is 10.7. The third kappa shape index (κ3) is 5.09. The SMILES string of the molecule is CCCC(C)NC(=O)COc1cc(OC)ccc1CN. The molecule has 5 heteroatoms. The van der Waals surface area contributed by atoms with Gasteiger partial charge in [0.2, 0.25) is 0 Å². The predicted octanol–water partition coefficient (Wildman–Crippen LogP) is 1.84. The van der Waals surface area contributed by atoms with Crippen LogP contribution in [0.2, 0.25) is 0 Å². The maximum atomic E-state index is 11.8. The Balaban J connectivity index is 2.57. The summed E-state index contributed by atoms with van der Waals surface area (Å²) in [5.74, 6) is 1.14.